The van der Waals surface area contributed by atoms with Crippen LogP contribution in [0, 0.1) is 11.3 Å². The van der Waals surface area contributed by atoms with Crippen molar-refractivity contribution in [2.24, 2.45) is 11.3 Å². The molecule has 5 nitrogen and oxygen atoms in total. The minimum atomic E-state index is -1.13. The highest BCUT2D eigenvalue weighted by molar-refractivity contribution is 8.03. The third kappa shape index (κ3) is 3.91. The van der Waals surface area contributed by atoms with E-state index in [4.69, 9.17) is 9.47 Å². The quantitative estimate of drug-likeness (QED) is 0.328. The Morgan fingerprint density at radius 3 is 2.77 bits per heavy atom. The van der Waals surface area contributed by atoms with Crippen molar-refractivity contribution in [1.82, 2.24) is 0 Å². The van der Waals surface area contributed by atoms with Gasteiger partial charge in [-0.15, -0.1) is 0 Å². The van der Waals surface area contributed by atoms with Crippen LogP contribution in [-0.4, -0.2) is 30.9 Å². The summed E-state index contributed by atoms with van der Waals surface area (Å²) in [5, 5.41) is 0. The number of esters is 1. The van der Waals surface area contributed by atoms with Gasteiger partial charge in [0.2, 0.25) is 0 Å². The van der Waals surface area contributed by atoms with Crippen molar-refractivity contribution in [3.8, 4) is 0 Å². The molecule has 0 amide bonds. The Morgan fingerprint density at radius 2 is 2.04 bits per heavy atom. The molecule has 3 rings (SSSR count). The van der Waals surface area contributed by atoms with Crippen molar-refractivity contribution in [3.05, 3.63) is 41.3 Å². The Labute approximate surface area is 157 Å². The number of rotatable bonds is 6. The molecule has 0 saturated heterocycles. The first-order valence-corrected chi connectivity index (χ1v) is 9.56. The average molecular weight is 374 g/mol. The first-order valence-electron chi connectivity index (χ1n) is 8.74. The minimum absolute atomic E-state index is 0.0254. The topological polar surface area (TPSA) is 69.7 Å². The number of carbonyl (C=O) groups is 3. The van der Waals surface area contributed by atoms with Gasteiger partial charge in [-0.3, -0.25) is 14.4 Å². The van der Waals surface area contributed by atoms with Gasteiger partial charge in [0.1, 0.15) is 11.2 Å². The van der Waals surface area contributed by atoms with Crippen LogP contribution >= 0.6 is 11.8 Å². The van der Waals surface area contributed by atoms with Gasteiger partial charge >= 0.3 is 5.97 Å². The number of fused-ring (bicyclic) bond motifs is 1. The van der Waals surface area contributed by atoms with Gasteiger partial charge < -0.3 is 9.47 Å². The number of allylic oxidation sites excluding steroid dienone is 2. The fourth-order valence-corrected chi connectivity index (χ4v) is 4.75. The van der Waals surface area contributed by atoms with Gasteiger partial charge in [0.05, 0.1) is 6.61 Å². The van der Waals surface area contributed by atoms with Crippen molar-refractivity contribution in [2.45, 2.75) is 37.5 Å². The van der Waals surface area contributed by atoms with Crippen LogP contribution in [0.3, 0.4) is 0 Å². The standard InChI is InChI=1S/C20H22O5S/c1-14(21)25-13-24-12-20-15(6-5-9-18(20)22)10-17(11-19(20)23)26-16-7-3-2-4-8-16/h2-4,7-8,11,15H,5-6,9-10,12-13H2,1H3/t15-,20+/m0/s1. The van der Waals surface area contributed by atoms with Crippen molar-refractivity contribution >= 4 is 29.3 Å². The van der Waals surface area contributed by atoms with Crippen LogP contribution in [0.25, 0.3) is 0 Å². The molecule has 138 valence electrons. The summed E-state index contributed by atoms with van der Waals surface area (Å²) < 4.78 is 10.2. The molecule has 2 aliphatic carbocycles. The molecule has 0 aliphatic heterocycles. The van der Waals surface area contributed by atoms with Crippen molar-refractivity contribution in [3.63, 3.8) is 0 Å². The van der Waals surface area contributed by atoms with Crippen LogP contribution in [0.2, 0.25) is 0 Å². The highest BCUT2D eigenvalue weighted by atomic mass is 32.2. The fraction of sp³-hybridized carbons (Fsp3) is 0.450. The van der Waals surface area contributed by atoms with Gasteiger partial charge in [0.25, 0.3) is 0 Å². The number of Topliss-reactive ketones (excluding diaryl/α,β-unsaturated/α-hetero) is 1. The van der Waals surface area contributed by atoms with Gasteiger partial charge in [-0.1, -0.05) is 30.0 Å². The summed E-state index contributed by atoms with van der Waals surface area (Å²) in [6.45, 7) is 1.03. The molecule has 0 heterocycles. The molecule has 0 spiro atoms. The molecule has 1 saturated carbocycles. The van der Waals surface area contributed by atoms with Gasteiger partial charge in [-0.2, -0.15) is 0 Å². The molecule has 0 bridgehead atoms. The maximum atomic E-state index is 13.0. The summed E-state index contributed by atoms with van der Waals surface area (Å²) in [5.74, 6) is -0.753. The fourth-order valence-electron chi connectivity index (χ4n) is 3.71. The SMILES string of the molecule is CC(=O)OCOC[C@@]12C(=O)C=C(Sc3ccccc3)C[C@@H]1CCCC2=O. The predicted octanol–water partition coefficient (Wildman–Crippen LogP) is 3.53. The smallest absolute Gasteiger partial charge is 0.304 e. The second-order valence-electron chi connectivity index (χ2n) is 6.68. The number of hydrogen-bond donors (Lipinski definition) is 0. The molecule has 2 aliphatic rings. The largest absolute Gasteiger partial charge is 0.439 e. The molecule has 6 heteroatoms. The number of thioether (sulfide) groups is 1. The van der Waals surface area contributed by atoms with Crippen LogP contribution in [0.4, 0.5) is 0 Å². The molecule has 2 atom stereocenters. The molecular formula is C20H22O5S. The van der Waals surface area contributed by atoms with E-state index in [9.17, 15) is 14.4 Å². The third-order valence-electron chi connectivity index (χ3n) is 5.00. The lowest BCUT2D eigenvalue weighted by molar-refractivity contribution is -0.164. The Morgan fingerprint density at radius 1 is 1.27 bits per heavy atom. The molecule has 1 fully saturated rings. The zero-order valence-electron chi connectivity index (χ0n) is 14.7. The lowest BCUT2D eigenvalue weighted by atomic mass is 9.60. The Bertz CT molecular complexity index is 727. The number of carbonyl (C=O) groups excluding carboxylic acids is 3. The molecule has 0 radical (unpaired) electrons. The molecule has 1 aromatic rings. The van der Waals surface area contributed by atoms with Gasteiger partial charge in [0.15, 0.2) is 12.6 Å². The van der Waals surface area contributed by atoms with Gasteiger partial charge in [-0.25, -0.2) is 0 Å². The van der Waals surface area contributed by atoms with Crippen LogP contribution < -0.4 is 0 Å². The summed E-state index contributed by atoms with van der Waals surface area (Å²) in [6, 6.07) is 9.89. The second-order valence-corrected chi connectivity index (χ2v) is 7.88. The van der Waals surface area contributed by atoms with E-state index in [2.05, 4.69) is 0 Å². The van der Waals surface area contributed by atoms with Crippen LogP contribution in [0.15, 0.2) is 46.2 Å². The molecule has 26 heavy (non-hydrogen) atoms. The molecule has 0 unspecified atom stereocenters. The molecule has 0 aromatic heterocycles. The monoisotopic (exact) mass is 374 g/mol. The molecular weight excluding hydrogens is 352 g/mol. The number of benzene rings is 1. The summed E-state index contributed by atoms with van der Waals surface area (Å²) in [7, 11) is 0. The second kappa shape index (κ2) is 8.18. The predicted molar refractivity (Wildman–Crippen MR) is 97.4 cm³/mol. The van der Waals surface area contributed by atoms with Gasteiger partial charge in [0, 0.05) is 18.2 Å². The maximum Gasteiger partial charge on any atom is 0.304 e. The number of ketones is 2. The lowest BCUT2D eigenvalue weighted by Crippen LogP contribution is -2.52. The minimum Gasteiger partial charge on any atom is -0.439 e. The summed E-state index contributed by atoms with van der Waals surface area (Å²) >= 11 is 1.58. The maximum absolute atomic E-state index is 13.0. The highest BCUT2D eigenvalue weighted by Gasteiger charge is 2.54. The van der Waals surface area contributed by atoms with Gasteiger partial charge in [-0.05, 0) is 48.3 Å². The number of hydrogen-bond acceptors (Lipinski definition) is 6. The lowest BCUT2D eigenvalue weighted by Gasteiger charge is -2.43. The number of ether oxygens (including phenoxy) is 2. The highest BCUT2D eigenvalue weighted by Crippen LogP contribution is 2.49. The normalized spacial score (nSPS) is 25.4. The zero-order chi connectivity index (χ0) is 18.6. The van der Waals surface area contributed by atoms with E-state index in [0.717, 1.165) is 22.6 Å². The van der Waals surface area contributed by atoms with Crippen LogP contribution in [-0.2, 0) is 23.9 Å². The Hall–Kier alpha value is -1.92. The van der Waals surface area contributed by atoms with Crippen LogP contribution in [0.1, 0.15) is 32.6 Å². The zero-order valence-corrected chi connectivity index (χ0v) is 15.6. The molecule has 0 N–H and O–H groups in total. The summed E-state index contributed by atoms with van der Waals surface area (Å²) in [5.41, 5.74) is -1.13. The van der Waals surface area contributed by atoms with E-state index in [1.54, 1.807) is 17.8 Å². The third-order valence-corrected chi connectivity index (χ3v) is 6.05. The average Bonchev–Trinajstić information content (AvgIpc) is 2.61. The summed E-state index contributed by atoms with van der Waals surface area (Å²) in [6.07, 6.45) is 4.31. The molecule has 1 aromatic carbocycles. The van der Waals surface area contributed by atoms with E-state index < -0.39 is 11.4 Å². The first kappa shape index (κ1) is 18.9. The van der Waals surface area contributed by atoms with E-state index in [0.29, 0.717) is 12.8 Å². The van der Waals surface area contributed by atoms with Crippen molar-refractivity contribution < 1.29 is 23.9 Å². The summed E-state index contributed by atoms with van der Waals surface area (Å²) in [4.78, 5) is 38.6. The van der Waals surface area contributed by atoms with Crippen molar-refractivity contribution in [2.75, 3.05) is 13.4 Å². The van der Waals surface area contributed by atoms with Crippen LogP contribution in [0.5, 0.6) is 0 Å². The van der Waals surface area contributed by atoms with Crippen molar-refractivity contribution in [1.29, 1.82) is 0 Å². The Balaban J connectivity index is 1.78. The van der Waals surface area contributed by atoms with E-state index >= 15 is 0 Å². The van der Waals surface area contributed by atoms with E-state index in [1.165, 1.54) is 6.92 Å². The van der Waals surface area contributed by atoms with E-state index in [1.807, 2.05) is 30.3 Å². The van der Waals surface area contributed by atoms with E-state index in [-0.39, 0.29) is 30.9 Å². The first-order chi connectivity index (χ1) is 12.5. The Kier molecular flexibility index (Phi) is 5.94.